The molecule has 1 atom stereocenters. The van der Waals surface area contributed by atoms with E-state index in [0.717, 1.165) is 10.8 Å². The molecule has 0 bridgehead atoms. The van der Waals surface area contributed by atoms with E-state index in [0.29, 0.717) is 5.69 Å². The number of nitrogens with zero attached hydrogens (tertiary/aromatic N) is 1. The van der Waals surface area contributed by atoms with Crippen molar-refractivity contribution >= 4 is 28.2 Å². The fourth-order valence-corrected chi connectivity index (χ4v) is 2.33. The van der Waals surface area contributed by atoms with Crippen molar-refractivity contribution in [3.05, 3.63) is 42.5 Å². The first kappa shape index (κ1) is 14.8. The number of fused-ring (bicyclic) bond motifs is 1. The van der Waals surface area contributed by atoms with Gasteiger partial charge in [0.25, 0.3) is 0 Å². The van der Waals surface area contributed by atoms with E-state index in [2.05, 4.69) is 10.5 Å². The average Bonchev–Trinajstić information content (AvgIpc) is 2.46. The van der Waals surface area contributed by atoms with Crippen molar-refractivity contribution in [2.24, 2.45) is 22.7 Å². The molecule has 5 heteroatoms. The molecule has 1 amide bonds. The molecular formula is C16H19N3O2. The highest BCUT2D eigenvalue weighted by molar-refractivity contribution is 6.08. The Kier molecular flexibility index (Phi) is 4.42. The summed E-state index contributed by atoms with van der Waals surface area (Å²) in [7, 11) is 0. The predicted molar refractivity (Wildman–Crippen MR) is 84.3 cm³/mol. The Morgan fingerprint density at radius 1 is 1.19 bits per heavy atom. The first-order valence-electron chi connectivity index (χ1n) is 6.80. The number of nitrogens with two attached hydrogens (primary N) is 1. The lowest BCUT2D eigenvalue weighted by atomic mass is 9.93. The third kappa shape index (κ3) is 3.31. The van der Waals surface area contributed by atoms with E-state index >= 15 is 0 Å². The molecule has 21 heavy (non-hydrogen) atoms. The molecule has 0 aliphatic heterocycles. The molecule has 5 nitrogen and oxygen atoms in total. The Bertz CT molecular complexity index is 680. The lowest BCUT2D eigenvalue weighted by molar-refractivity contribution is -0.119. The zero-order valence-corrected chi connectivity index (χ0v) is 12.1. The maximum atomic E-state index is 12.3. The summed E-state index contributed by atoms with van der Waals surface area (Å²) in [5.41, 5.74) is 6.29. The number of rotatable bonds is 4. The highest BCUT2D eigenvalue weighted by Crippen LogP contribution is 2.20. The Balaban J connectivity index is 2.24. The molecular weight excluding hydrogens is 266 g/mol. The van der Waals surface area contributed by atoms with Crippen molar-refractivity contribution in [2.75, 3.05) is 5.32 Å². The van der Waals surface area contributed by atoms with Crippen molar-refractivity contribution in [1.82, 2.24) is 0 Å². The van der Waals surface area contributed by atoms with Gasteiger partial charge < -0.3 is 16.3 Å². The number of amidine groups is 1. The van der Waals surface area contributed by atoms with Gasteiger partial charge in [-0.15, -0.1) is 0 Å². The quantitative estimate of drug-likeness (QED) is 0.349. The SMILES string of the molecule is CC(C)C(C(=O)Nc1ccc2ccccc2c1)C(N)=NO. The van der Waals surface area contributed by atoms with Crippen LogP contribution in [-0.2, 0) is 4.79 Å². The number of hydrogen-bond donors (Lipinski definition) is 3. The van der Waals surface area contributed by atoms with Crippen molar-refractivity contribution in [1.29, 1.82) is 0 Å². The van der Waals surface area contributed by atoms with Crippen LogP contribution in [0.15, 0.2) is 47.6 Å². The molecule has 0 fully saturated rings. The number of benzene rings is 2. The van der Waals surface area contributed by atoms with Gasteiger partial charge in [0.15, 0.2) is 5.84 Å². The summed E-state index contributed by atoms with van der Waals surface area (Å²) in [6, 6.07) is 13.6. The van der Waals surface area contributed by atoms with Crippen LogP contribution in [0.2, 0.25) is 0 Å². The lowest BCUT2D eigenvalue weighted by Crippen LogP contribution is -2.38. The molecule has 0 aromatic heterocycles. The third-order valence-corrected chi connectivity index (χ3v) is 3.40. The Morgan fingerprint density at radius 2 is 1.86 bits per heavy atom. The topological polar surface area (TPSA) is 87.7 Å². The molecule has 0 saturated carbocycles. The number of carbonyl (C=O) groups is 1. The van der Waals surface area contributed by atoms with Crippen LogP contribution < -0.4 is 11.1 Å². The summed E-state index contributed by atoms with van der Waals surface area (Å²) in [5.74, 6) is -1.10. The molecule has 2 aromatic carbocycles. The number of hydrogen-bond acceptors (Lipinski definition) is 3. The predicted octanol–water partition coefficient (Wildman–Crippen LogP) is 2.80. The largest absolute Gasteiger partial charge is 0.409 e. The van der Waals surface area contributed by atoms with E-state index in [9.17, 15) is 4.79 Å². The number of anilines is 1. The van der Waals surface area contributed by atoms with E-state index in [1.54, 1.807) is 0 Å². The van der Waals surface area contributed by atoms with E-state index in [4.69, 9.17) is 10.9 Å². The van der Waals surface area contributed by atoms with Gasteiger partial charge in [-0.1, -0.05) is 49.3 Å². The van der Waals surface area contributed by atoms with Crippen LogP contribution in [0.5, 0.6) is 0 Å². The van der Waals surface area contributed by atoms with Gasteiger partial charge in [0.1, 0.15) is 5.92 Å². The second-order valence-corrected chi connectivity index (χ2v) is 5.30. The number of carbonyl (C=O) groups excluding carboxylic acids is 1. The summed E-state index contributed by atoms with van der Waals surface area (Å²) < 4.78 is 0. The van der Waals surface area contributed by atoms with Crippen LogP contribution in [0.4, 0.5) is 5.69 Å². The van der Waals surface area contributed by atoms with Crippen LogP contribution in [0.3, 0.4) is 0 Å². The van der Waals surface area contributed by atoms with Crippen LogP contribution in [0.1, 0.15) is 13.8 Å². The Morgan fingerprint density at radius 3 is 2.48 bits per heavy atom. The minimum Gasteiger partial charge on any atom is -0.409 e. The van der Waals surface area contributed by atoms with Gasteiger partial charge in [0, 0.05) is 5.69 Å². The summed E-state index contributed by atoms with van der Waals surface area (Å²) in [6.07, 6.45) is 0. The summed E-state index contributed by atoms with van der Waals surface area (Å²) in [6.45, 7) is 3.70. The molecule has 2 rings (SSSR count). The fourth-order valence-electron chi connectivity index (χ4n) is 2.33. The maximum Gasteiger partial charge on any atom is 0.235 e. The van der Waals surface area contributed by atoms with Crippen LogP contribution in [0.25, 0.3) is 10.8 Å². The van der Waals surface area contributed by atoms with Gasteiger partial charge in [-0.25, -0.2) is 0 Å². The smallest absolute Gasteiger partial charge is 0.235 e. The monoisotopic (exact) mass is 285 g/mol. The highest BCUT2D eigenvalue weighted by Gasteiger charge is 2.26. The molecule has 0 radical (unpaired) electrons. The highest BCUT2D eigenvalue weighted by atomic mass is 16.4. The number of oxime groups is 1. The van der Waals surface area contributed by atoms with Crippen LogP contribution in [-0.4, -0.2) is 17.0 Å². The first-order valence-corrected chi connectivity index (χ1v) is 6.80. The van der Waals surface area contributed by atoms with Crippen molar-refractivity contribution in [3.63, 3.8) is 0 Å². The van der Waals surface area contributed by atoms with Crippen LogP contribution in [0, 0.1) is 11.8 Å². The number of amides is 1. The summed E-state index contributed by atoms with van der Waals surface area (Å²) >= 11 is 0. The van der Waals surface area contributed by atoms with Gasteiger partial charge in [0.05, 0.1) is 0 Å². The zero-order chi connectivity index (χ0) is 15.4. The molecule has 0 spiro atoms. The second-order valence-electron chi connectivity index (χ2n) is 5.30. The molecule has 2 aromatic rings. The molecule has 0 aliphatic carbocycles. The van der Waals surface area contributed by atoms with Crippen LogP contribution >= 0.6 is 0 Å². The molecule has 110 valence electrons. The molecule has 0 aliphatic rings. The molecule has 0 saturated heterocycles. The molecule has 0 heterocycles. The summed E-state index contributed by atoms with van der Waals surface area (Å²) in [5, 5.41) is 16.7. The zero-order valence-electron chi connectivity index (χ0n) is 12.1. The van der Waals surface area contributed by atoms with E-state index in [1.165, 1.54) is 0 Å². The summed E-state index contributed by atoms with van der Waals surface area (Å²) in [4.78, 5) is 12.3. The minimum absolute atomic E-state index is 0.0682. The van der Waals surface area contributed by atoms with Crippen molar-refractivity contribution in [3.8, 4) is 0 Å². The Labute approximate surface area is 123 Å². The van der Waals surface area contributed by atoms with Gasteiger partial charge in [-0.2, -0.15) is 0 Å². The van der Waals surface area contributed by atoms with E-state index < -0.39 is 5.92 Å². The Hall–Kier alpha value is -2.56. The van der Waals surface area contributed by atoms with Crippen molar-refractivity contribution < 1.29 is 10.0 Å². The van der Waals surface area contributed by atoms with Gasteiger partial charge in [-0.3, -0.25) is 4.79 Å². The van der Waals surface area contributed by atoms with Gasteiger partial charge >= 0.3 is 0 Å². The molecule has 4 N–H and O–H groups in total. The maximum absolute atomic E-state index is 12.3. The minimum atomic E-state index is -0.665. The normalized spacial score (nSPS) is 13.4. The van der Waals surface area contributed by atoms with E-state index in [-0.39, 0.29) is 17.7 Å². The molecule has 1 unspecified atom stereocenters. The first-order chi connectivity index (χ1) is 10.0. The third-order valence-electron chi connectivity index (χ3n) is 3.40. The van der Waals surface area contributed by atoms with Crippen molar-refractivity contribution in [2.45, 2.75) is 13.8 Å². The van der Waals surface area contributed by atoms with E-state index in [1.807, 2.05) is 56.3 Å². The van der Waals surface area contributed by atoms with Gasteiger partial charge in [0.2, 0.25) is 5.91 Å². The standard InChI is InChI=1S/C16H19N3O2/c1-10(2)14(15(17)19-21)16(20)18-13-8-7-11-5-3-4-6-12(11)9-13/h3-10,14,21H,1-2H3,(H2,17,19)(H,18,20). The lowest BCUT2D eigenvalue weighted by Gasteiger charge is -2.18. The van der Waals surface area contributed by atoms with Gasteiger partial charge in [-0.05, 0) is 28.8 Å². The number of nitrogens with one attached hydrogen (secondary N) is 1. The average molecular weight is 285 g/mol. The fraction of sp³-hybridized carbons (Fsp3) is 0.250. The second kappa shape index (κ2) is 6.26.